The molecule has 2 N–H and O–H groups in total. The molecule has 4 bridgehead atoms. The van der Waals surface area contributed by atoms with E-state index in [-0.39, 0.29) is 33.8 Å². The topological polar surface area (TPSA) is 95.7 Å². The van der Waals surface area contributed by atoms with Gasteiger partial charge < -0.3 is 9.47 Å². The molecule has 1 aromatic carbocycles. The van der Waals surface area contributed by atoms with E-state index >= 15 is 0 Å². The lowest BCUT2D eigenvalue weighted by molar-refractivity contribution is -0.151. The van der Waals surface area contributed by atoms with E-state index in [0.717, 1.165) is 31.1 Å². The van der Waals surface area contributed by atoms with Crippen molar-refractivity contribution in [3.05, 3.63) is 24.3 Å². The standard InChI is InChI=1S/C20H26BrNO5S/c21-20-10-14-7-15(11-20)9-19(8-14,13-20)12-18(23)27-6-5-26-16-1-3-17(4-2-16)28(22,24)25/h1-4,14-15H,5-13H2,(H2,22,24,25). The molecular formula is C20H26BrNO5S. The van der Waals surface area contributed by atoms with Crippen LogP contribution in [0.3, 0.4) is 0 Å². The minimum absolute atomic E-state index is 0.0337. The third-order valence-electron chi connectivity index (χ3n) is 6.40. The Hall–Kier alpha value is -1.12. The summed E-state index contributed by atoms with van der Waals surface area (Å²) in [6.45, 7) is 0.402. The molecule has 0 aliphatic heterocycles. The van der Waals surface area contributed by atoms with Gasteiger partial charge in [-0.15, -0.1) is 0 Å². The second-order valence-electron chi connectivity index (χ2n) is 8.87. The first-order valence-electron chi connectivity index (χ1n) is 9.75. The Balaban J connectivity index is 1.23. The molecule has 4 fully saturated rings. The first-order chi connectivity index (χ1) is 13.1. The van der Waals surface area contributed by atoms with Gasteiger partial charge in [0.15, 0.2) is 0 Å². The highest BCUT2D eigenvalue weighted by molar-refractivity contribution is 9.10. The minimum atomic E-state index is -3.71. The van der Waals surface area contributed by atoms with Crippen molar-refractivity contribution in [3.8, 4) is 5.75 Å². The van der Waals surface area contributed by atoms with Crippen LogP contribution in [0.4, 0.5) is 0 Å². The summed E-state index contributed by atoms with van der Waals surface area (Å²) in [5.74, 6) is 1.85. The molecule has 0 radical (unpaired) electrons. The van der Waals surface area contributed by atoms with Crippen LogP contribution < -0.4 is 9.88 Å². The van der Waals surface area contributed by atoms with Crippen molar-refractivity contribution in [2.75, 3.05) is 13.2 Å². The Morgan fingerprint density at radius 2 is 1.75 bits per heavy atom. The van der Waals surface area contributed by atoms with E-state index in [2.05, 4.69) is 15.9 Å². The maximum atomic E-state index is 12.4. The zero-order valence-electron chi connectivity index (χ0n) is 15.7. The molecule has 2 atom stereocenters. The summed E-state index contributed by atoms with van der Waals surface area (Å²) in [5, 5.41) is 5.06. The van der Waals surface area contributed by atoms with Crippen LogP contribution >= 0.6 is 15.9 Å². The summed E-state index contributed by atoms with van der Waals surface area (Å²) in [4.78, 5) is 12.5. The number of rotatable bonds is 7. The number of sulfonamides is 1. The molecule has 4 aliphatic rings. The average Bonchev–Trinajstić information content (AvgIpc) is 2.55. The number of benzene rings is 1. The van der Waals surface area contributed by atoms with E-state index in [4.69, 9.17) is 14.6 Å². The van der Waals surface area contributed by atoms with Crippen molar-refractivity contribution < 1.29 is 22.7 Å². The van der Waals surface area contributed by atoms with Crippen LogP contribution in [0.2, 0.25) is 0 Å². The zero-order chi connectivity index (χ0) is 20.0. The van der Waals surface area contributed by atoms with Gasteiger partial charge in [0.25, 0.3) is 0 Å². The van der Waals surface area contributed by atoms with E-state index in [1.807, 2.05) is 0 Å². The molecular weight excluding hydrogens is 446 g/mol. The quantitative estimate of drug-likeness (QED) is 0.373. The summed E-state index contributed by atoms with van der Waals surface area (Å²) in [5.41, 5.74) is 0.106. The second-order valence-corrected chi connectivity index (χ2v) is 12.1. The van der Waals surface area contributed by atoms with Gasteiger partial charge in [0.1, 0.15) is 19.0 Å². The van der Waals surface area contributed by atoms with Crippen LogP contribution in [0, 0.1) is 17.3 Å². The highest BCUT2D eigenvalue weighted by Gasteiger charge is 2.57. The molecule has 0 amide bonds. The fraction of sp³-hybridized carbons (Fsp3) is 0.650. The van der Waals surface area contributed by atoms with Crippen molar-refractivity contribution in [1.29, 1.82) is 0 Å². The van der Waals surface area contributed by atoms with Crippen LogP contribution in [-0.4, -0.2) is 31.9 Å². The molecule has 8 heteroatoms. The molecule has 0 heterocycles. The van der Waals surface area contributed by atoms with Gasteiger partial charge in [0, 0.05) is 4.32 Å². The third kappa shape index (κ3) is 4.39. The average molecular weight is 472 g/mol. The van der Waals surface area contributed by atoms with Crippen molar-refractivity contribution in [2.45, 2.75) is 54.2 Å². The molecule has 28 heavy (non-hydrogen) atoms. The SMILES string of the molecule is NS(=O)(=O)c1ccc(OCCOC(=O)CC23CC4CC(CC(Br)(C4)C2)C3)cc1. The Labute approximate surface area is 174 Å². The summed E-state index contributed by atoms with van der Waals surface area (Å²) < 4.78 is 33.6. The number of carbonyl (C=O) groups is 1. The third-order valence-corrected chi connectivity index (χ3v) is 8.25. The number of esters is 1. The maximum Gasteiger partial charge on any atom is 0.306 e. The lowest BCUT2D eigenvalue weighted by Gasteiger charge is -2.60. The van der Waals surface area contributed by atoms with Crippen molar-refractivity contribution >= 4 is 31.9 Å². The van der Waals surface area contributed by atoms with Gasteiger partial charge in [0.05, 0.1) is 11.3 Å². The molecule has 6 nitrogen and oxygen atoms in total. The summed E-state index contributed by atoms with van der Waals surface area (Å²) in [7, 11) is -3.71. The van der Waals surface area contributed by atoms with Gasteiger partial charge in [0.2, 0.25) is 10.0 Å². The van der Waals surface area contributed by atoms with Crippen LogP contribution in [0.5, 0.6) is 5.75 Å². The Bertz CT molecular complexity index is 840. The highest BCUT2D eigenvalue weighted by Crippen LogP contribution is 2.65. The minimum Gasteiger partial charge on any atom is -0.490 e. The Morgan fingerprint density at radius 3 is 2.32 bits per heavy atom. The van der Waals surface area contributed by atoms with Crippen LogP contribution in [-0.2, 0) is 19.6 Å². The summed E-state index contributed by atoms with van der Waals surface area (Å²) >= 11 is 3.97. The number of alkyl halides is 1. The molecule has 4 saturated carbocycles. The zero-order valence-corrected chi connectivity index (χ0v) is 18.1. The van der Waals surface area contributed by atoms with Gasteiger partial charge in [-0.3, -0.25) is 4.79 Å². The van der Waals surface area contributed by atoms with E-state index in [1.54, 1.807) is 0 Å². The molecule has 0 aromatic heterocycles. The van der Waals surface area contributed by atoms with E-state index < -0.39 is 10.0 Å². The highest BCUT2D eigenvalue weighted by atomic mass is 79.9. The van der Waals surface area contributed by atoms with Crippen molar-refractivity contribution in [2.24, 2.45) is 22.4 Å². The Morgan fingerprint density at radius 1 is 1.11 bits per heavy atom. The van der Waals surface area contributed by atoms with Crippen molar-refractivity contribution in [3.63, 3.8) is 0 Å². The predicted octanol–water partition coefficient (Wildman–Crippen LogP) is 3.38. The molecule has 5 rings (SSSR count). The molecule has 2 unspecified atom stereocenters. The Kier molecular flexibility index (Phi) is 5.25. The van der Waals surface area contributed by atoms with E-state index in [0.29, 0.717) is 12.2 Å². The predicted molar refractivity (Wildman–Crippen MR) is 108 cm³/mol. The monoisotopic (exact) mass is 471 g/mol. The van der Waals surface area contributed by atoms with Crippen molar-refractivity contribution in [1.82, 2.24) is 0 Å². The smallest absolute Gasteiger partial charge is 0.306 e. The number of hydrogen-bond donors (Lipinski definition) is 1. The summed E-state index contributed by atoms with van der Waals surface area (Å²) in [6.07, 6.45) is 7.70. The lowest BCUT2D eigenvalue weighted by Crippen LogP contribution is -2.53. The molecule has 154 valence electrons. The molecule has 4 aliphatic carbocycles. The number of hydrogen-bond acceptors (Lipinski definition) is 5. The van der Waals surface area contributed by atoms with Crippen LogP contribution in [0.25, 0.3) is 0 Å². The van der Waals surface area contributed by atoms with E-state index in [9.17, 15) is 13.2 Å². The maximum absolute atomic E-state index is 12.4. The van der Waals surface area contributed by atoms with Gasteiger partial charge in [-0.1, -0.05) is 15.9 Å². The molecule has 0 saturated heterocycles. The van der Waals surface area contributed by atoms with E-state index in [1.165, 1.54) is 43.5 Å². The van der Waals surface area contributed by atoms with Gasteiger partial charge in [-0.2, -0.15) is 0 Å². The number of nitrogens with two attached hydrogens (primary N) is 1. The first-order valence-corrected chi connectivity index (χ1v) is 12.1. The number of primary sulfonamides is 1. The molecule has 1 aromatic rings. The number of carbonyl (C=O) groups excluding carboxylic acids is 1. The van der Waals surface area contributed by atoms with Gasteiger partial charge >= 0.3 is 5.97 Å². The number of halogens is 1. The molecule has 0 spiro atoms. The largest absolute Gasteiger partial charge is 0.490 e. The first kappa shape index (κ1) is 20.2. The number of ether oxygens (including phenoxy) is 2. The second kappa shape index (κ2) is 7.29. The van der Waals surface area contributed by atoms with Crippen LogP contribution in [0.15, 0.2) is 29.2 Å². The fourth-order valence-corrected chi connectivity index (χ4v) is 7.97. The summed E-state index contributed by atoms with van der Waals surface area (Å²) in [6, 6.07) is 5.85. The lowest BCUT2D eigenvalue weighted by atomic mass is 9.49. The van der Waals surface area contributed by atoms with Gasteiger partial charge in [-0.05, 0) is 80.0 Å². The fourth-order valence-electron chi connectivity index (χ4n) is 5.94. The van der Waals surface area contributed by atoms with Gasteiger partial charge in [-0.25, -0.2) is 13.6 Å². The normalized spacial score (nSPS) is 33.6. The van der Waals surface area contributed by atoms with Crippen LogP contribution in [0.1, 0.15) is 44.9 Å².